The fourth-order valence-electron chi connectivity index (χ4n) is 3.50. The molecule has 0 aromatic carbocycles. The van der Waals surface area contributed by atoms with Gasteiger partial charge in [0.15, 0.2) is 5.82 Å². The van der Waals surface area contributed by atoms with Gasteiger partial charge in [-0.25, -0.2) is 9.97 Å². The van der Waals surface area contributed by atoms with Crippen LogP contribution in [0, 0.1) is 5.92 Å². The summed E-state index contributed by atoms with van der Waals surface area (Å²) < 4.78 is 2.06. The molecule has 2 aromatic rings. The number of rotatable bonds is 1. The number of anilines is 1. The van der Waals surface area contributed by atoms with E-state index < -0.39 is 0 Å². The van der Waals surface area contributed by atoms with Gasteiger partial charge >= 0.3 is 0 Å². The van der Waals surface area contributed by atoms with E-state index in [1.165, 1.54) is 12.8 Å². The lowest BCUT2D eigenvalue weighted by Gasteiger charge is -2.24. The SMILES string of the molecule is Cn1cnc2c(N3C[C@@H]4CCCN[C@@H]4C3)nccc21. The molecule has 2 aromatic heterocycles. The number of hydrogen-bond acceptors (Lipinski definition) is 4. The topological polar surface area (TPSA) is 46.0 Å². The second kappa shape index (κ2) is 4.20. The molecule has 0 unspecified atom stereocenters. The summed E-state index contributed by atoms with van der Waals surface area (Å²) in [7, 11) is 2.03. The summed E-state index contributed by atoms with van der Waals surface area (Å²) in [5, 5.41) is 3.64. The molecular formula is C14H19N5. The van der Waals surface area contributed by atoms with Crippen molar-refractivity contribution >= 4 is 16.9 Å². The largest absolute Gasteiger partial charge is 0.353 e. The second-order valence-electron chi connectivity index (χ2n) is 5.73. The van der Waals surface area contributed by atoms with Crippen molar-refractivity contribution in [2.45, 2.75) is 18.9 Å². The predicted molar refractivity (Wildman–Crippen MR) is 75.2 cm³/mol. The molecule has 100 valence electrons. The van der Waals surface area contributed by atoms with Crippen LogP contribution in [0.2, 0.25) is 0 Å². The van der Waals surface area contributed by atoms with Crippen LogP contribution in [0.25, 0.3) is 11.0 Å². The van der Waals surface area contributed by atoms with E-state index in [0.29, 0.717) is 6.04 Å². The summed E-state index contributed by atoms with van der Waals surface area (Å²) in [5.74, 6) is 1.82. The highest BCUT2D eigenvalue weighted by atomic mass is 15.3. The lowest BCUT2D eigenvalue weighted by atomic mass is 9.94. The van der Waals surface area contributed by atoms with Crippen LogP contribution in [0.15, 0.2) is 18.6 Å². The number of hydrogen-bond donors (Lipinski definition) is 1. The number of aromatic nitrogens is 3. The lowest BCUT2D eigenvalue weighted by molar-refractivity contribution is 0.340. The molecule has 19 heavy (non-hydrogen) atoms. The van der Waals surface area contributed by atoms with Gasteiger partial charge in [0.1, 0.15) is 5.52 Å². The molecule has 0 amide bonds. The molecule has 5 nitrogen and oxygen atoms in total. The molecule has 4 rings (SSSR count). The van der Waals surface area contributed by atoms with Crippen LogP contribution in [-0.2, 0) is 7.05 Å². The number of piperidine rings is 1. The third-order valence-electron chi connectivity index (χ3n) is 4.52. The summed E-state index contributed by atoms with van der Waals surface area (Å²) in [5.41, 5.74) is 2.19. The van der Waals surface area contributed by atoms with Gasteiger partial charge in [-0.15, -0.1) is 0 Å². The standard InChI is InChI=1S/C14H19N5/c1-18-9-17-13-12(18)4-6-16-14(13)19-7-10-3-2-5-15-11(10)8-19/h4,6,9-11,15H,2-3,5,7-8H2,1H3/t10-,11+/m0/s1. The second-order valence-corrected chi connectivity index (χ2v) is 5.73. The molecule has 0 aliphatic carbocycles. The maximum atomic E-state index is 4.58. The number of imidazole rings is 1. The summed E-state index contributed by atoms with van der Waals surface area (Å²) >= 11 is 0. The number of nitrogens with one attached hydrogen (secondary N) is 1. The Kier molecular flexibility index (Phi) is 2.48. The Morgan fingerprint density at radius 3 is 3.16 bits per heavy atom. The van der Waals surface area contributed by atoms with Gasteiger partial charge in [0, 0.05) is 32.4 Å². The van der Waals surface area contributed by atoms with E-state index in [-0.39, 0.29) is 0 Å². The fraction of sp³-hybridized carbons (Fsp3) is 0.571. The minimum absolute atomic E-state index is 0.634. The van der Waals surface area contributed by atoms with Gasteiger partial charge in [0.05, 0.1) is 11.8 Å². The zero-order valence-electron chi connectivity index (χ0n) is 11.2. The lowest BCUT2D eigenvalue weighted by Crippen LogP contribution is -2.40. The Bertz CT molecular complexity index is 591. The third kappa shape index (κ3) is 1.72. The first kappa shape index (κ1) is 11.2. The van der Waals surface area contributed by atoms with Crippen molar-refractivity contribution in [1.82, 2.24) is 19.9 Å². The van der Waals surface area contributed by atoms with Gasteiger partial charge in [-0.1, -0.05) is 0 Å². The first-order valence-corrected chi connectivity index (χ1v) is 7.07. The van der Waals surface area contributed by atoms with E-state index in [1.807, 2.05) is 25.6 Å². The van der Waals surface area contributed by atoms with Crippen LogP contribution in [0.3, 0.4) is 0 Å². The molecule has 0 bridgehead atoms. The summed E-state index contributed by atoms with van der Waals surface area (Å²) in [4.78, 5) is 11.5. The highest BCUT2D eigenvalue weighted by molar-refractivity contribution is 5.86. The summed E-state index contributed by atoms with van der Waals surface area (Å²) in [6.45, 7) is 3.34. The highest BCUT2D eigenvalue weighted by Gasteiger charge is 2.35. The van der Waals surface area contributed by atoms with Crippen molar-refractivity contribution in [1.29, 1.82) is 0 Å². The molecule has 1 N–H and O–H groups in total. The van der Waals surface area contributed by atoms with Gasteiger partial charge in [-0.2, -0.15) is 0 Å². The van der Waals surface area contributed by atoms with E-state index in [9.17, 15) is 0 Å². The maximum absolute atomic E-state index is 4.58. The average Bonchev–Trinajstić information content (AvgIpc) is 3.03. The molecular weight excluding hydrogens is 238 g/mol. The van der Waals surface area contributed by atoms with Crippen LogP contribution < -0.4 is 10.2 Å². The summed E-state index contributed by atoms with van der Waals surface area (Å²) in [6.07, 6.45) is 6.41. The Morgan fingerprint density at radius 1 is 1.32 bits per heavy atom. The van der Waals surface area contributed by atoms with E-state index in [0.717, 1.165) is 42.4 Å². The quantitative estimate of drug-likeness (QED) is 0.832. The van der Waals surface area contributed by atoms with Crippen LogP contribution >= 0.6 is 0 Å². The van der Waals surface area contributed by atoms with E-state index in [2.05, 4.69) is 24.8 Å². The van der Waals surface area contributed by atoms with Gasteiger partial charge in [-0.3, -0.25) is 0 Å². The van der Waals surface area contributed by atoms with Crippen molar-refractivity contribution in [2.75, 3.05) is 24.5 Å². The minimum atomic E-state index is 0.634. The Balaban J connectivity index is 1.71. The van der Waals surface area contributed by atoms with Crippen molar-refractivity contribution in [3.63, 3.8) is 0 Å². The molecule has 5 heteroatoms. The molecule has 2 aliphatic rings. The molecule has 4 heterocycles. The predicted octanol–water partition coefficient (Wildman–Crippen LogP) is 1.16. The van der Waals surface area contributed by atoms with Crippen molar-refractivity contribution in [3.8, 4) is 0 Å². The number of aryl methyl sites for hydroxylation is 1. The minimum Gasteiger partial charge on any atom is -0.353 e. The number of pyridine rings is 1. The van der Waals surface area contributed by atoms with Crippen LogP contribution in [0.4, 0.5) is 5.82 Å². The van der Waals surface area contributed by atoms with E-state index >= 15 is 0 Å². The smallest absolute Gasteiger partial charge is 0.156 e. The number of nitrogens with zero attached hydrogens (tertiary/aromatic N) is 4. The third-order valence-corrected chi connectivity index (χ3v) is 4.52. The van der Waals surface area contributed by atoms with Gasteiger partial charge in [-0.05, 0) is 31.4 Å². The maximum Gasteiger partial charge on any atom is 0.156 e. The Hall–Kier alpha value is -1.62. The highest BCUT2D eigenvalue weighted by Crippen LogP contribution is 2.31. The van der Waals surface area contributed by atoms with Gasteiger partial charge in [0.2, 0.25) is 0 Å². The Labute approximate surface area is 112 Å². The van der Waals surface area contributed by atoms with Crippen molar-refractivity contribution in [2.24, 2.45) is 13.0 Å². The van der Waals surface area contributed by atoms with E-state index in [1.54, 1.807) is 0 Å². The first-order valence-electron chi connectivity index (χ1n) is 7.07. The zero-order valence-corrected chi connectivity index (χ0v) is 11.2. The summed E-state index contributed by atoms with van der Waals surface area (Å²) in [6, 6.07) is 2.67. The first-order chi connectivity index (χ1) is 9.33. The van der Waals surface area contributed by atoms with Crippen molar-refractivity contribution in [3.05, 3.63) is 18.6 Å². The van der Waals surface area contributed by atoms with Crippen LogP contribution in [0.5, 0.6) is 0 Å². The normalized spacial score (nSPS) is 26.9. The van der Waals surface area contributed by atoms with Gasteiger partial charge < -0.3 is 14.8 Å². The molecule has 2 fully saturated rings. The molecule has 2 saturated heterocycles. The molecule has 2 atom stereocenters. The zero-order chi connectivity index (χ0) is 12.8. The molecule has 0 radical (unpaired) electrons. The fourth-order valence-corrected chi connectivity index (χ4v) is 3.50. The van der Waals surface area contributed by atoms with Crippen LogP contribution in [0.1, 0.15) is 12.8 Å². The van der Waals surface area contributed by atoms with E-state index in [4.69, 9.17) is 0 Å². The van der Waals surface area contributed by atoms with Gasteiger partial charge in [0.25, 0.3) is 0 Å². The molecule has 0 saturated carbocycles. The Morgan fingerprint density at radius 2 is 2.26 bits per heavy atom. The molecule has 0 spiro atoms. The average molecular weight is 257 g/mol. The van der Waals surface area contributed by atoms with Crippen LogP contribution in [-0.4, -0.2) is 40.2 Å². The number of fused-ring (bicyclic) bond motifs is 2. The molecule has 2 aliphatic heterocycles. The monoisotopic (exact) mass is 257 g/mol. The van der Waals surface area contributed by atoms with Crippen molar-refractivity contribution < 1.29 is 0 Å².